The van der Waals surface area contributed by atoms with E-state index >= 15 is 0 Å². The molecule has 3 unspecified atom stereocenters. The average molecular weight is 628 g/mol. The zero-order valence-corrected chi connectivity index (χ0v) is 25.0. The first-order chi connectivity index (χ1) is 19.3. The molecule has 40 heavy (non-hydrogen) atoms. The molecule has 1 N–H and O–H groups in total. The minimum Gasteiger partial charge on any atom is -0.465 e. The second-order valence-corrected chi connectivity index (χ2v) is 13.5. The Kier molecular flexibility index (Phi) is 8.45. The molecule has 3 aliphatic heterocycles. The number of carbonyl (C=O) groups is 3. The summed E-state index contributed by atoms with van der Waals surface area (Å²) in [6, 6.07) is 12.3. The number of benzene rings is 2. The quantitative estimate of drug-likeness (QED) is 0.168. The minimum atomic E-state index is -0.854. The van der Waals surface area contributed by atoms with E-state index < -0.39 is 34.6 Å². The smallest absolute Gasteiger partial charge is 0.310 e. The normalized spacial score (nSPS) is 29.3. The van der Waals surface area contributed by atoms with Gasteiger partial charge in [-0.25, -0.2) is 0 Å². The fourth-order valence-corrected chi connectivity index (χ4v) is 10.2. The Bertz CT molecular complexity index is 1340. The molecule has 3 heterocycles. The largest absolute Gasteiger partial charge is 0.465 e. The number of rotatable bonds is 11. The molecule has 1 spiro atoms. The van der Waals surface area contributed by atoms with Gasteiger partial charge < -0.3 is 19.6 Å². The molecule has 3 aliphatic rings. The molecule has 2 bridgehead atoms. The number of fused-ring (bicyclic) bond motifs is 2. The van der Waals surface area contributed by atoms with Crippen molar-refractivity contribution in [1.82, 2.24) is 4.90 Å². The van der Waals surface area contributed by atoms with Gasteiger partial charge in [0.1, 0.15) is 6.04 Å². The minimum absolute atomic E-state index is 0.0551. The average Bonchev–Trinajstić information content (AvgIpc) is 3.56. The maximum Gasteiger partial charge on any atom is 0.310 e. The molecule has 2 aromatic rings. The van der Waals surface area contributed by atoms with E-state index in [0.717, 1.165) is 17.2 Å². The second kappa shape index (κ2) is 11.7. The zero-order chi connectivity index (χ0) is 28.6. The highest BCUT2D eigenvalue weighted by molar-refractivity contribution is 9.09. The van der Waals surface area contributed by atoms with Crippen LogP contribution in [0, 0.1) is 11.8 Å². The summed E-state index contributed by atoms with van der Waals surface area (Å²) in [4.78, 5) is 45.4. The van der Waals surface area contributed by atoms with Gasteiger partial charge in [-0.05, 0) is 49.1 Å². The standard InChI is InChI=1S/C31H35BrN2O5S/c1-4-6-9-15-39-30(38)24-25-28(36)34(19(3)18-35)27(31(25)17-23(32)26(24)40-31)29(37)33(14-5-2)22-13-12-20-10-7-8-11-21(20)16-22/h4-5,7-8,10-13,16,19,23-27,35H,1-2,6,9,14-15,17-18H2,3H3/t19-,23?,24+,25+,26+,27?,31?/m1/s1. The molecule has 7 nitrogen and oxygen atoms in total. The predicted octanol–water partition coefficient (Wildman–Crippen LogP) is 4.71. The Morgan fingerprint density at radius 2 is 2.00 bits per heavy atom. The van der Waals surface area contributed by atoms with Crippen LogP contribution >= 0.6 is 27.7 Å². The Morgan fingerprint density at radius 1 is 1.25 bits per heavy atom. The molecule has 0 aromatic heterocycles. The van der Waals surface area contributed by atoms with E-state index in [-0.39, 0.29) is 41.6 Å². The number of anilines is 1. The summed E-state index contributed by atoms with van der Waals surface area (Å²) in [7, 11) is 0. The molecule has 0 radical (unpaired) electrons. The fourth-order valence-electron chi connectivity index (χ4n) is 6.62. The first-order valence-corrected chi connectivity index (χ1v) is 15.5. The number of esters is 1. The Morgan fingerprint density at radius 3 is 2.70 bits per heavy atom. The molecule has 7 atom stereocenters. The summed E-state index contributed by atoms with van der Waals surface area (Å²) in [5.74, 6) is -2.26. The molecule has 0 saturated carbocycles. The number of aliphatic hydroxyl groups excluding tert-OH is 1. The number of halogens is 1. The Hall–Kier alpha value is -2.62. The summed E-state index contributed by atoms with van der Waals surface area (Å²) >= 11 is 5.34. The van der Waals surface area contributed by atoms with E-state index in [1.807, 2.05) is 42.5 Å². The van der Waals surface area contributed by atoms with Gasteiger partial charge in [-0.3, -0.25) is 14.4 Å². The van der Waals surface area contributed by atoms with Crippen LogP contribution in [0.2, 0.25) is 0 Å². The lowest BCUT2D eigenvalue weighted by Gasteiger charge is -2.39. The summed E-state index contributed by atoms with van der Waals surface area (Å²) in [5.41, 5.74) is 0.707. The number of alkyl halides is 1. The van der Waals surface area contributed by atoms with Crippen molar-refractivity contribution < 1.29 is 24.2 Å². The van der Waals surface area contributed by atoms with Gasteiger partial charge in [0.05, 0.1) is 35.8 Å². The SMILES string of the molecule is C=CCCCOC(=O)[C@H]1[C@H]2C(=O)N([C@H](C)CO)C(C(=O)N(CC=C)c3ccc4ccccc4c3)C23CC(Br)[C@@H]1S3. The van der Waals surface area contributed by atoms with Gasteiger partial charge in [-0.15, -0.1) is 24.9 Å². The third-order valence-corrected chi connectivity index (χ3v) is 11.6. The first kappa shape index (κ1) is 28.9. The van der Waals surface area contributed by atoms with Gasteiger partial charge in [0, 0.05) is 22.3 Å². The summed E-state index contributed by atoms with van der Waals surface area (Å²) in [6.45, 7) is 9.56. The maximum absolute atomic E-state index is 14.6. The van der Waals surface area contributed by atoms with Crippen LogP contribution in [0.15, 0.2) is 67.8 Å². The van der Waals surface area contributed by atoms with Crippen molar-refractivity contribution in [3.8, 4) is 0 Å². The monoisotopic (exact) mass is 626 g/mol. The predicted molar refractivity (Wildman–Crippen MR) is 162 cm³/mol. The number of unbranched alkanes of at least 4 members (excludes halogenated alkanes) is 1. The fraction of sp³-hybridized carbons (Fsp3) is 0.452. The van der Waals surface area contributed by atoms with Gasteiger partial charge in [-0.1, -0.05) is 58.4 Å². The van der Waals surface area contributed by atoms with Crippen LogP contribution in [-0.2, 0) is 19.1 Å². The van der Waals surface area contributed by atoms with E-state index in [0.29, 0.717) is 18.5 Å². The number of allylic oxidation sites excluding steroid dienone is 1. The molecule has 3 fully saturated rings. The number of hydrogen-bond acceptors (Lipinski definition) is 6. The van der Waals surface area contributed by atoms with E-state index in [2.05, 4.69) is 29.1 Å². The number of carbonyl (C=O) groups excluding carboxylic acids is 3. The zero-order valence-electron chi connectivity index (χ0n) is 22.6. The number of likely N-dealkylation sites (tertiary alicyclic amines) is 1. The van der Waals surface area contributed by atoms with Crippen molar-refractivity contribution in [1.29, 1.82) is 0 Å². The third-order valence-electron chi connectivity index (χ3n) is 8.39. The number of nitrogens with zero attached hydrogens (tertiary/aromatic N) is 2. The number of amides is 2. The first-order valence-electron chi connectivity index (χ1n) is 13.7. The van der Waals surface area contributed by atoms with Crippen molar-refractivity contribution in [2.24, 2.45) is 11.8 Å². The van der Waals surface area contributed by atoms with Crippen LogP contribution in [0.5, 0.6) is 0 Å². The van der Waals surface area contributed by atoms with E-state index in [4.69, 9.17) is 4.74 Å². The number of aliphatic hydroxyl groups is 1. The van der Waals surface area contributed by atoms with Gasteiger partial charge in [0.15, 0.2) is 0 Å². The molecule has 5 rings (SSSR count). The molecular formula is C31H35BrN2O5S. The topological polar surface area (TPSA) is 87.1 Å². The van der Waals surface area contributed by atoms with Crippen molar-refractivity contribution in [3.63, 3.8) is 0 Å². The maximum atomic E-state index is 14.6. The van der Waals surface area contributed by atoms with Crippen molar-refractivity contribution in [2.45, 2.75) is 53.1 Å². The molecular weight excluding hydrogens is 592 g/mol. The molecule has 2 amide bonds. The highest BCUT2D eigenvalue weighted by atomic mass is 79.9. The molecule has 9 heteroatoms. The van der Waals surface area contributed by atoms with Crippen molar-refractivity contribution in [3.05, 3.63) is 67.8 Å². The molecule has 2 aromatic carbocycles. The van der Waals surface area contributed by atoms with Crippen molar-refractivity contribution in [2.75, 3.05) is 24.7 Å². The lowest BCUT2D eigenvalue weighted by Crippen LogP contribution is -2.57. The van der Waals surface area contributed by atoms with E-state index in [1.54, 1.807) is 35.7 Å². The van der Waals surface area contributed by atoms with E-state index in [1.165, 1.54) is 4.90 Å². The van der Waals surface area contributed by atoms with Crippen LogP contribution in [0.4, 0.5) is 5.69 Å². The summed E-state index contributed by atoms with van der Waals surface area (Å²) in [5, 5.41) is 12.0. The Labute approximate surface area is 247 Å². The van der Waals surface area contributed by atoms with Gasteiger partial charge in [0.25, 0.3) is 5.91 Å². The third kappa shape index (κ3) is 4.69. The number of hydrogen-bond donors (Lipinski definition) is 1. The summed E-state index contributed by atoms with van der Waals surface area (Å²) < 4.78 is 4.82. The Balaban J connectivity index is 1.54. The lowest BCUT2D eigenvalue weighted by molar-refractivity contribution is -0.154. The van der Waals surface area contributed by atoms with Gasteiger partial charge in [-0.2, -0.15) is 0 Å². The van der Waals surface area contributed by atoms with Crippen LogP contribution < -0.4 is 4.90 Å². The molecule has 0 aliphatic carbocycles. The van der Waals surface area contributed by atoms with Crippen molar-refractivity contribution >= 4 is 61.9 Å². The molecule has 212 valence electrons. The van der Waals surface area contributed by atoms with Crippen LogP contribution in [0.25, 0.3) is 10.8 Å². The van der Waals surface area contributed by atoms with Gasteiger partial charge in [0.2, 0.25) is 5.91 Å². The highest BCUT2D eigenvalue weighted by Crippen LogP contribution is 2.68. The van der Waals surface area contributed by atoms with Crippen LogP contribution in [-0.4, -0.2) is 74.5 Å². The second-order valence-electron chi connectivity index (χ2n) is 10.8. The van der Waals surface area contributed by atoms with Gasteiger partial charge >= 0.3 is 5.97 Å². The van der Waals surface area contributed by atoms with E-state index in [9.17, 15) is 19.5 Å². The summed E-state index contributed by atoms with van der Waals surface area (Å²) in [6.07, 6.45) is 5.41. The van der Waals surface area contributed by atoms with Crippen LogP contribution in [0.3, 0.4) is 0 Å². The number of ether oxygens (including phenoxy) is 1. The highest BCUT2D eigenvalue weighted by Gasteiger charge is 2.76. The lowest BCUT2D eigenvalue weighted by atomic mass is 9.71. The number of thioether (sulfide) groups is 1. The van der Waals surface area contributed by atoms with Crippen LogP contribution in [0.1, 0.15) is 26.2 Å². The molecule has 3 saturated heterocycles.